The Bertz CT molecular complexity index is 537. The fourth-order valence-corrected chi connectivity index (χ4v) is 2.17. The highest BCUT2D eigenvalue weighted by atomic mass is 16.5. The van der Waals surface area contributed by atoms with Crippen molar-refractivity contribution in [1.29, 1.82) is 0 Å². The van der Waals surface area contributed by atoms with Crippen LogP contribution in [0.5, 0.6) is 0 Å². The third-order valence-electron chi connectivity index (χ3n) is 3.57. The molecule has 0 spiro atoms. The van der Waals surface area contributed by atoms with Crippen LogP contribution in [-0.4, -0.2) is 73.1 Å². The molecule has 2 rings (SSSR count). The maximum absolute atomic E-state index is 12.4. The first-order valence-electron chi connectivity index (χ1n) is 7.19. The molecule has 1 aliphatic heterocycles. The van der Waals surface area contributed by atoms with Gasteiger partial charge in [-0.2, -0.15) is 5.10 Å². The first kappa shape index (κ1) is 16.4. The van der Waals surface area contributed by atoms with Crippen LogP contribution in [0.2, 0.25) is 0 Å². The van der Waals surface area contributed by atoms with Gasteiger partial charge in [0, 0.05) is 33.4 Å². The van der Waals surface area contributed by atoms with Crippen LogP contribution in [0.15, 0.2) is 6.20 Å². The third-order valence-corrected chi connectivity index (χ3v) is 3.57. The second-order valence-corrected chi connectivity index (χ2v) is 5.20. The molecular formula is C14H22N4O4. The number of likely N-dealkylation sites (tertiary alicyclic amines) is 1. The van der Waals surface area contributed by atoms with Gasteiger partial charge in [-0.1, -0.05) is 0 Å². The van der Waals surface area contributed by atoms with Gasteiger partial charge in [0.15, 0.2) is 0 Å². The van der Waals surface area contributed by atoms with Crippen molar-refractivity contribution in [2.24, 2.45) is 0 Å². The largest absolute Gasteiger partial charge is 0.383 e. The Labute approximate surface area is 129 Å². The smallest absolute Gasteiger partial charge is 0.257 e. The summed E-state index contributed by atoms with van der Waals surface area (Å²) in [7, 11) is 3.19. The van der Waals surface area contributed by atoms with E-state index < -0.39 is 0 Å². The van der Waals surface area contributed by atoms with Gasteiger partial charge in [0.2, 0.25) is 5.91 Å². The number of likely N-dealkylation sites (N-methyl/N-ethyl adjacent to an activating group) is 1. The fraction of sp³-hybridized carbons (Fsp3) is 0.643. The summed E-state index contributed by atoms with van der Waals surface area (Å²) in [5.41, 5.74) is 1.30. The highest BCUT2D eigenvalue weighted by Gasteiger charge is 2.33. The molecule has 0 radical (unpaired) electrons. The van der Waals surface area contributed by atoms with E-state index in [4.69, 9.17) is 9.47 Å². The van der Waals surface area contributed by atoms with E-state index in [2.05, 4.69) is 10.4 Å². The topological polar surface area (TPSA) is 85.7 Å². The Kier molecular flexibility index (Phi) is 5.51. The van der Waals surface area contributed by atoms with Crippen LogP contribution in [0.1, 0.15) is 16.1 Å². The molecule has 0 aromatic carbocycles. The van der Waals surface area contributed by atoms with E-state index >= 15 is 0 Å². The molecule has 1 N–H and O–H groups in total. The Morgan fingerprint density at radius 3 is 2.82 bits per heavy atom. The summed E-state index contributed by atoms with van der Waals surface area (Å²) >= 11 is 0. The van der Waals surface area contributed by atoms with Crippen molar-refractivity contribution in [2.45, 2.75) is 19.6 Å². The molecule has 22 heavy (non-hydrogen) atoms. The molecule has 1 aromatic rings. The van der Waals surface area contributed by atoms with Crippen molar-refractivity contribution in [3.63, 3.8) is 0 Å². The Morgan fingerprint density at radius 1 is 1.45 bits per heavy atom. The lowest BCUT2D eigenvalue weighted by atomic mass is 10.1. The molecular weight excluding hydrogens is 288 g/mol. The van der Waals surface area contributed by atoms with Crippen LogP contribution in [0.3, 0.4) is 0 Å². The summed E-state index contributed by atoms with van der Waals surface area (Å²) in [5.74, 6) is -0.221. The number of aromatic nitrogens is 2. The van der Waals surface area contributed by atoms with E-state index in [1.165, 1.54) is 0 Å². The predicted molar refractivity (Wildman–Crippen MR) is 78.6 cm³/mol. The minimum atomic E-state index is -0.167. The van der Waals surface area contributed by atoms with Gasteiger partial charge in [-0.05, 0) is 6.92 Å². The van der Waals surface area contributed by atoms with E-state index in [0.717, 1.165) is 0 Å². The van der Waals surface area contributed by atoms with Crippen molar-refractivity contribution in [1.82, 2.24) is 20.0 Å². The number of carbonyl (C=O) groups excluding carboxylic acids is 2. The average molecular weight is 310 g/mol. The predicted octanol–water partition coefficient (Wildman–Crippen LogP) is -0.575. The minimum absolute atomic E-state index is 0.0250. The zero-order valence-electron chi connectivity index (χ0n) is 13.2. The van der Waals surface area contributed by atoms with Crippen molar-refractivity contribution < 1.29 is 19.1 Å². The van der Waals surface area contributed by atoms with Crippen molar-refractivity contribution in [3.05, 3.63) is 17.5 Å². The molecule has 2 amide bonds. The molecule has 0 aliphatic carbocycles. The monoisotopic (exact) mass is 310 g/mol. The van der Waals surface area contributed by atoms with E-state index in [9.17, 15) is 9.59 Å². The Morgan fingerprint density at radius 2 is 2.18 bits per heavy atom. The number of carbonyl (C=O) groups is 2. The molecule has 0 unspecified atom stereocenters. The highest BCUT2D eigenvalue weighted by Crippen LogP contribution is 2.17. The number of nitrogens with one attached hydrogen (secondary N) is 1. The van der Waals surface area contributed by atoms with Crippen LogP contribution in [0.25, 0.3) is 0 Å². The van der Waals surface area contributed by atoms with Crippen molar-refractivity contribution in [2.75, 3.05) is 40.5 Å². The second-order valence-electron chi connectivity index (χ2n) is 5.20. The Balaban J connectivity index is 1.83. The molecule has 0 bridgehead atoms. The molecule has 0 saturated carbocycles. The van der Waals surface area contributed by atoms with Gasteiger partial charge in [0.1, 0.15) is 6.61 Å². The molecule has 0 atom stereocenters. The average Bonchev–Trinajstić information content (AvgIpc) is 2.83. The van der Waals surface area contributed by atoms with Crippen LogP contribution < -0.4 is 5.32 Å². The van der Waals surface area contributed by atoms with Gasteiger partial charge in [-0.25, -0.2) is 0 Å². The van der Waals surface area contributed by atoms with Gasteiger partial charge in [-0.3, -0.25) is 14.3 Å². The van der Waals surface area contributed by atoms with Crippen LogP contribution in [-0.2, 0) is 20.8 Å². The SMILES string of the molecule is CNC(=O)COC1CN(C(=O)c2cn(CCOC)nc2C)C1. The van der Waals surface area contributed by atoms with E-state index in [1.54, 1.807) is 29.9 Å². The van der Waals surface area contributed by atoms with E-state index in [1.807, 2.05) is 6.92 Å². The summed E-state index contributed by atoms with van der Waals surface area (Å²) in [5, 5.41) is 6.79. The molecule has 8 nitrogen and oxygen atoms in total. The first-order valence-corrected chi connectivity index (χ1v) is 7.19. The number of ether oxygens (including phenoxy) is 2. The quantitative estimate of drug-likeness (QED) is 0.728. The summed E-state index contributed by atoms with van der Waals surface area (Å²) in [4.78, 5) is 25.2. The van der Waals surface area contributed by atoms with E-state index in [0.29, 0.717) is 37.5 Å². The van der Waals surface area contributed by atoms with Crippen LogP contribution in [0.4, 0.5) is 0 Å². The minimum Gasteiger partial charge on any atom is -0.383 e. The number of hydrogen-bond donors (Lipinski definition) is 1. The molecule has 1 fully saturated rings. The number of nitrogens with zero attached hydrogens (tertiary/aromatic N) is 3. The van der Waals surface area contributed by atoms with Gasteiger partial charge in [0.25, 0.3) is 5.91 Å². The number of aryl methyl sites for hydroxylation is 1. The summed E-state index contributed by atoms with van der Waals surface area (Å²) in [6.45, 7) is 4.00. The molecule has 1 aliphatic rings. The lowest BCUT2D eigenvalue weighted by molar-refractivity contribution is -0.130. The molecule has 2 heterocycles. The number of amides is 2. The van der Waals surface area contributed by atoms with Crippen LogP contribution >= 0.6 is 0 Å². The lowest BCUT2D eigenvalue weighted by Crippen LogP contribution is -2.55. The Hall–Kier alpha value is -1.93. The first-order chi connectivity index (χ1) is 10.5. The standard InChI is InChI=1S/C14H22N4O4/c1-10-12(8-18(16-10)4-5-21-3)14(20)17-6-11(7-17)22-9-13(19)15-2/h8,11H,4-7,9H2,1-3H3,(H,15,19). The van der Waals surface area contributed by atoms with Crippen molar-refractivity contribution in [3.8, 4) is 0 Å². The van der Waals surface area contributed by atoms with Gasteiger partial charge < -0.3 is 19.7 Å². The lowest BCUT2D eigenvalue weighted by Gasteiger charge is -2.38. The van der Waals surface area contributed by atoms with Crippen molar-refractivity contribution >= 4 is 11.8 Å². The van der Waals surface area contributed by atoms with E-state index in [-0.39, 0.29) is 24.5 Å². The molecule has 1 saturated heterocycles. The van der Waals surface area contributed by atoms with Gasteiger partial charge in [0.05, 0.1) is 30.5 Å². The third kappa shape index (κ3) is 3.83. The number of hydrogen-bond acceptors (Lipinski definition) is 5. The fourth-order valence-electron chi connectivity index (χ4n) is 2.17. The van der Waals surface area contributed by atoms with Gasteiger partial charge in [-0.15, -0.1) is 0 Å². The second kappa shape index (κ2) is 7.37. The zero-order chi connectivity index (χ0) is 16.1. The maximum Gasteiger partial charge on any atom is 0.257 e. The summed E-state index contributed by atoms with van der Waals surface area (Å²) < 4.78 is 12.1. The number of methoxy groups -OCH3 is 1. The molecule has 1 aromatic heterocycles. The van der Waals surface area contributed by atoms with Gasteiger partial charge >= 0.3 is 0 Å². The molecule has 122 valence electrons. The highest BCUT2D eigenvalue weighted by molar-refractivity contribution is 5.95. The normalized spacial score (nSPS) is 14.8. The number of rotatable bonds is 7. The summed E-state index contributed by atoms with van der Waals surface area (Å²) in [6.07, 6.45) is 1.67. The maximum atomic E-state index is 12.4. The zero-order valence-corrected chi connectivity index (χ0v) is 13.2. The van der Waals surface area contributed by atoms with Crippen LogP contribution in [0, 0.1) is 6.92 Å². The summed E-state index contributed by atoms with van der Waals surface area (Å²) in [6, 6.07) is 0. The molecule has 8 heteroatoms.